The topological polar surface area (TPSA) is 112 Å². The van der Waals surface area contributed by atoms with E-state index in [4.69, 9.17) is 11.6 Å². The van der Waals surface area contributed by atoms with Crippen LogP contribution in [0.25, 0.3) is 0 Å². The fraction of sp³-hybridized carbons (Fsp3) is 0.421. The number of amides is 2. The van der Waals surface area contributed by atoms with Crippen LogP contribution in [-0.4, -0.2) is 41.2 Å². The molecule has 0 spiro atoms. The molecule has 2 amide bonds. The van der Waals surface area contributed by atoms with Crippen LogP contribution in [0.4, 0.5) is 24.5 Å². The van der Waals surface area contributed by atoms with Crippen molar-refractivity contribution < 1.29 is 22.8 Å². The minimum absolute atomic E-state index is 0.0588. The van der Waals surface area contributed by atoms with E-state index >= 15 is 0 Å². The molecule has 3 aromatic heterocycles. The average Bonchev–Trinajstić information content (AvgIpc) is 3.31. The fourth-order valence-electron chi connectivity index (χ4n) is 3.43. The van der Waals surface area contributed by atoms with E-state index < -0.39 is 35.3 Å². The van der Waals surface area contributed by atoms with Crippen LogP contribution >= 0.6 is 11.6 Å². The second-order valence-electron chi connectivity index (χ2n) is 7.78. The standard InChI is InChI=1S/C19H20ClF3N8O2/c1-9-11(6-24-29(9)2)27-18(33)16-12(7-25-30(16)3)26-13(32)8-31-15(10-4-5-10)14(20)17(28-31)19(21,22)23/h6-7,10H,4-5,8H2,1-3H3,(H,26,32)(H,27,33). The smallest absolute Gasteiger partial charge is 0.321 e. The maximum Gasteiger partial charge on any atom is 0.436 e. The summed E-state index contributed by atoms with van der Waals surface area (Å²) in [6, 6.07) is 0. The first-order valence-corrected chi connectivity index (χ1v) is 10.3. The highest BCUT2D eigenvalue weighted by Gasteiger charge is 2.42. The van der Waals surface area contributed by atoms with Gasteiger partial charge in [-0.15, -0.1) is 0 Å². The Balaban J connectivity index is 1.54. The average molecular weight is 485 g/mol. The Bertz CT molecular complexity index is 1240. The lowest BCUT2D eigenvalue weighted by Crippen LogP contribution is -2.24. The second kappa shape index (κ2) is 8.21. The number of anilines is 2. The van der Waals surface area contributed by atoms with E-state index in [0.717, 1.165) is 10.4 Å². The van der Waals surface area contributed by atoms with Crippen molar-refractivity contribution in [3.63, 3.8) is 0 Å². The Kier molecular flexibility index (Phi) is 5.68. The molecule has 1 fully saturated rings. The van der Waals surface area contributed by atoms with Gasteiger partial charge in [0.2, 0.25) is 5.91 Å². The van der Waals surface area contributed by atoms with Gasteiger partial charge < -0.3 is 10.6 Å². The summed E-state index contributed by atoms with van der Waals surface area (Å²) in [5, 5.41) is 16.4. The van der Waals surface area contributed by atoms with Crippen LogP contribution in [0, 0.1) is 6.92 Å². The fourth-order valence-corrected chi connectivity index (χ4v) is 3.83. The van der Waals surface area contributed by atoms with E-state index in [2.05, 4.69) is 25.9 Å². The van der Waals surface area contributed by atoms with Gasteiger partial charge in [0.05, 0.1) is 40.2 Å². The monoisotopic (exact) mass is 484 g/mol. The quantitative estimate of drug-likeness (QED) is 0.558. The maximum absolute atomic E-state index is 13.2. The van der Waals surface area contributed by atoms with Gasteiger partial charge in [0, 0.05) is 20.0 Å². The molecule has 176 valence electrons. The summed E-state index contributed by atoms with van der Waals surface area (Å²) in [5.74, 6) is -1.39. The number of hydrogen-bond acceptors (Lipinski definition) is 5. The number of hydrogen-bond donors (Lipinski definition) is 2. The van der Waals surface area contributed by atoms with E-state index in [9.17, 15) is 22.8 Å². The van der Waals surface area contributed by atoms with Crippen molar-refractivity contribution in [2.24, 2.45) is 14.1 Å². The van der Waals surface area contributed by atoms with Crippen molar-refractivity contribution in [1.82, 2.24) is 29.3 Å². The lowest BCUT2D eigenvalue weighted by Gasteiger charge is -2.10. The van der Waals surface area contributed by atoms with Gasteiger partial charge >= 0.3 is 6.18 Å². The van der Waals surface area contributed by atoms with Crippen LogP contribution in [0.3, 0.4) is 0 Å². The summed E-state index contributed by atoms with van der Waals surface area (Å²) in [6.45, 7) is 1.27. The molecule has 4 rings (SSSR count). The lowest BCUT2D eigenvalue weighted by molar-refractivity contribution is -0.141. The first-order chi connectivity index (χ1) is 15.5. The number of aryl methyl sites for hydroxylation is 2. The highest BCUT2D eigenvalue weighted by Crippen LogP contribution is 2.46. The number of nitrogens with zero attached hydrogens (tertiary/aromatic N) is 6. The zero-order valence-electron chi connectivity index (χ0n) is 17.9. The van der Waals surface area contributed by atoms with Gasteiger partial charge in [-0.2, -0.15) is 28.5 Å². The summed E-state index contributed by atoms with van der Waals surface area (Å²) >= 11 is 5.95. The molecule has 1 aliphatic carbocycles. The van der Waals surface area contributed by atoms with Gasteiger partial charge in [-0.1, -0.05) is 11.6 Å². The third-order valence-electron chi connectivity index (χ3n) is 5.37. The zero-order valence-corrected chi connectivity index (χ0v) is 18.6. The van der Waals surface area contributed by atoms with Crippen molar-refractivity contribution in [3.05, 3.63) is 40.2 Å². The summed E-state index contributed by atoms with van der Waals surface area (Å²) in [4.78, 5) is 25.5. The first-order valence-electron chi connectivity index (χ1n) is 9.92. The van der Waals surface area contributed by atoms with Crippen molar-refractivity contribution in [1.29, 1.82) is 0 Å². The molecular formula is C19H20ClF3N8O2. The van der Waals surface area contributed by atoms with Gasteiger partial charge in [0.15, 0.2) is 5.69 Å². The lowest BCUT2D eigenvalue weighted by atomic mass is 10.2. The predicted octanol–water partition coefficient (Wildman–Crippen LogP) is 3.10. The molecule has 10 nitrogen and oxygen atoms in total. The van der Waals surface area contributed by atoms with Crippen LogP contribution in [0.15, 0.2) is 12.4 Å². The third kappa shape index (κ3) is 4.45. The molecule has 14 heteroatoms. The van der Waals surface area contributed by atoms with Crippen molar-refractivity contribution in [2.75, 3.05) is 10.6 Å². The zero-order chi connectivity index (χ0) is 24.1. The minimum atomic E-state index is -4.73. The molecule has 0 radical (unpaired) electrons. The van der Waals surface area contributed by atoms with Crippen LogP contribution in [-0.2, 0) is 31.6 Å². The van der Waals surface area contributed by atoms with E-state index in [0.29, 0.717) is 18.5 Å². The third-order valence-corrected chi connectivity index (χ3v) is 5.74. The molecule has 0 aliphatic heterocycles. The molecular weight excluding hydrogens is 465 g/mol. The van der Waals surface area contributed by atoms with E-state index in [1.54, 1.807) is 18.7 Å². The molecule has 0 saturated heterocycles. The minimum Gasteiger partial charge on any atom is -0.321 e. The molecule has 0 aromatic carbocycles. The SMILES string of the molecule is Cc1c(NC(=O)c2c(NC(=O)Cn3nc(C(F)(F)F)c(Cl)c3C3CC3)cnn2C)cnn1C. The van der Waals surface area contributed by atoms with Gasteiger partial charge in [-0.05, 0) is 19.8 Å². The normalized spacial score (nSPS) is 13.9. The molecule has 1 saturated carbocycles. The highest BCUT2D eigenvalue weighted by atomic mass is 35.5. The Hall–Kier alpha value is -3.35. The van der Waals surface area contributed by atoms with Crippen LogP contribution in [0.1, 0.15) is 46.3 Å². The number of alkyl halides is 3. The largest absolute Gasteiger partial charge is 0.436 e. The molecule has 0 unspecified atom stereocenters. The number of aromatic nitrogens is 6. The van der Waals surface area contributed by atoms with Gasteiger partial charge in [-0.25, -0.2) is 0 Å². The Morgan fingerprint density at radius 1 is 1.12 bits per heavy atom. The first kappa shape index (κ1) is 22.8. The summed E-state index contributed by atoms with van der Waals surface area (Å²) < 4.78 is 43.6. The summed E-state index contributed by atoms with van der Waals surface area (Å²) in [6.07, 6.45) is -0.625. The highest BCUT2D eigenvalue weighted by molar-refractivity contribution is 6.32. The second-order valence-corrected chi connectivity index (χ2v) is 8.16. The van der Waals surface area contributed by atoms with Crippen molar-refractivity contribution >= 4 is 34.8 Å². The number of rotatable bonds is 6. The molecule has 0 bridgehead atoms. The van der Waals surface area contributed by atoms with Crippen LogP contribution in [0.2, 0.25) is 5.02 Å². The summed E-state index contributed by atoms with van der Waals surface area (Å²) in [5.41, 5.74) is 0.343. The van der Waals surface area contributed by atoms with Crippen LogP contribution in [0.5, 0.6) is 0 Å². The Morgan fingerprint density at radius 2 is 1.76 bits per heavy atom. The molecule has 3 heterocycles. The van der Waals surface area contributed by atoms with Gasteiger partial charge in [0.25, 0.3) is 5.91 Å². The van der Waals surface area contributed by atoms with Crippen LogP contribution < -0.4 is 10.6 Å². The molecule has 2 N–H and O–H groups in total. The van der Waals surface area contributed by atoms with E-state index in [1.807, 2.05) is 0 Å². The Morgan fingerprint density at radius 3 is 2.33 bits per heavy atom. The van der Waals surface area contributed by atoms with Gasteiger partial charge in [0.1, 0.15) is 12.2 Å². The molecule has 1 aliphatic rings. The van der Waals surface area contributed by atoms with Crippen molar-refractivity contribution in [2.45, 2.75) is 38.4 Å². The summed E-state index contributed by atoms with van der Waals surface area (Å²) in [7, 11) is 3.25. The molecule has 33 heavy (non-hydrogen) atoms. The number of halogens is 4. The number of carbonyl (C=O) groups excluding carboxylic acids is 2. The number of carbonyl (C=O) groups is 2. The van der Waals surface area contributed by atoms with Gasteiger partial charge in [-0.3, -0.25) is 23.6 Å². The maximum atomic E-state index is 13.2. The predicted molar refractivity (Wildman–Crippen MR) is 112 cm³/mol. The van der Waals surface area contributed by atoms with E-state index in [1.165, 1.54) is 24.1 Å². The van der Waals surface area contributed by atoms with E-state index in [-0.39, 0.29) is 23.0 Å². The van der Waals surface area contributed by atoms with Crippen molar-refractivity contribution in [3.8, 4) is 0 Å². The Labute approximate surface area is 190 Å². The molecule has 3 aromatic rings. The number of nitrogens with one attached hydrogen (secondary N) is 2. The molecule has 0 atom stereocenters.